The van der Waals surface area contributed by atoms with Crippen molar-refractivity contribution in [2.45, 2.75) is 13.3 Å². The van der Waals surface area contributed by atoms with Crippen LogP contribution in [-0.4, -0.2) is 19.6 Å². The van der Waals surface area contributed by atoms with Gasteiger partial charge in [0.15, 0.2) is 5.84 Å². The molecule has 0 aliphatic heterocycles. The minimum Gasteiger partial charge on any atom is -0.270 e. The number of amidine groups is 1. The van der Waals surface area contributed by atoms with E-state index in [9.17, 15) is 0 Å². The summed E-state index contributed by atoms with van der Waals surface area (Å²) < 4.78 is 0. The van der Waals surface area contributed by atoms with E-state index >= 15 is 0 Å². The van der Waals surface area contributed by atoms with E-state index in [-0.39, 0.29) is 0 Å². The maximum atomic E-state index is 4.02. The minimum atomic E-state index is 0.697. The van der Waals surface area contributed by atoms with Gasteiger partial charge in [-0.15, -0.1) is 0 Å². The number of hydrogen-bond acceptors (Lipinski definition) is 1. The highest BCUT2D eigenvalue weighted by Gasteiger charge is 1.98. The molecule has 2 nitrogen and oxygen atoms in total. The van der Waals surface area contributed by atoms with Gasteiger partial charge in [0.2, 0.25) is 0 Å². The van der Waals surface area contributed by atoms with Crippen molar-refractivity contribution in [3.05, 3.63) is 35.4 Å². The molecule has 13 heavy (non-hydrogen) atoms. The zero-order chi connectivity index (χ0) is 9.68. The van der Waals surface area contributed by atoms with Crippen molar-refractivity contribution in [3.8, 4) is 0 Å². The second-order valence-corrected chi connectivity index (χ2v) is 2.76. The summed E-state index contributed by atoms with van der Waals surface area (Å²) in [6.07, 6.45) is 1.06. The van der Waals surface area contributed by atoms with Crippen LogP contribution in [0.5, 0.6) is 0 Å². The van der Waals surface area contributed by atoms with Gasteiger partial charge in [0, 0.05) is 12.6 Å². The minimum absolute atomic E-state index is 0.697. The Bertz CT molecular complexity index is 309. The van der Waals surface area contributed by atoms with E-state index in [2.05, 4.69) is 35.8 Å². The van der Waals surface area contributed by atoms with Crippen LogP contribution in [0.2, 0.25) is 0 Å². The fraction of sp³-hybridized carbons (Fsp3) is 0.273. The van der Waals surface area contributed by atoms with E-state index in [4.69, 9.17) is 0 Å². The highest BCUT2D eigenvalue weighted by molar-refractivity contribution is 6.01. The standard InChI is InChI=1S/C11H14N2/c1-4-9-5-7-10(8-6-9)11(12-2)13-3/h5-8H,2,4H2,1,3H3/b13-11-. The summed E-state index contributed by atoms with van der Waals surface area (Å²) in [6.45, 7) is 5.60. The fourth-order valence-electron chi connectivity index (χ4n) is 1.18. The van der Waals surface area contributed by atoms with Crippen LogP contribution in [0.25, 0.3) is 0 Å². The molecule has 0 aliphatic rings. The highest BCUT2D eigenvalue weighted by atomic mass is 14.9. The molecule has 0 heterocycles. The molecule has 0 saturated carbocycles. The molecule has 0 unspecified atom stereocenters. The van der Waals surface area contributed by atoms with Gasteiger partial charge in [-0.2, -0.15) is 0 Å². The molecule has 0 spiro atoms. The first-order valence-electron chi connectivity index (χ1n) is 4.34. The molecule has 0 radical (unpaired) electrons. The van der Waals surface area contributed by atoms with Crippen molar-refractivity contribution in [3.63, 3.8) is 0 Å². The number of hydrogen-bond donors (Lipinski definition) is 0. The Morgan fingerprint density at radius 3 is 2.31 bits per heavy atom. The summed E-state index contributed by atoms with van der Waals surface area (Å²) in [4.78, 5) is 7.85. The maximum absolute atomic E-state index is 4.02. The van der Waals surface area contributed by atoms with Crippen LogP contribution in [0.3, 0.4) is 0 Å². The Morgan fingerprint density at radius 2 is 1.92 bits per heavy atom. The van der Waals surface area contributed by atoms with Crippen molar-refractivity contribution in [2.75, 3.05) is 7.05 Å². The summed E-state index contributed by atoms with van der Waals surface area (Å²) in [6, 6.07) is 8.23. The average molecular weight is 174 g/mol. The summed E-state index contributed by atoms with van der Waals surface area (Å²) in [5.74, 6) is 0.697. The van der Waals surface area contributed by atoms with Gasteiger partial charge in [-0.3, -0.25) is 4.99 Å². The van der Waals surface area contributed by atoms with Crippen LogP contribution in [-0.2, 0) is 6.42 Å². The molecule has 68 valence electrons. The lowest BCUT2D eigenvalue weighted by atomic mass is 10.1. The third-order valence-electron chi connectivity index (χ3n) is 1.98. The van der Waals surface area contributed by atoms with Gasteiger partial charge in [0.1, 0.15) is 0 Å². The van der Waals surface area contributed by atoms with Gasteiger partial charge in [0.05, 0.1) is 0 Å². The topological polar surface area (TPSA) is 24.7 Å². The summed E-state index contributed by atoms with van der Waals surface area (Å²) in [5, 5.41) is 0. The Hall–Kier alpha value is -1.44. The lowest BCUT2D eigenvalue weighted by molar-refractivity contribution is 1.14. The van der Waals surface area contributed by atoms with Crippen molar-refractivity contribution < 1.29 is 0 Å². The quantitative estimate of drug-likeness (QED) is 0.485. The van der Waals surface area contributed by atoms with E-state index in [0.29, 0.717) is 5.84 Å². The first kappa shape index (κ1) is 9.65. The monoisotopic (exact) mass is 174 g/mol. The van der Waals surface area contributed by atoms with Crippen molar-refractivity contribution in [1.82, 2.24) is 0 Å². The van der Waals surface area contributed by atoms with Gasteiger partial charge < -0.3 is 0 Å². The molecule has 0 aromatic heterocycles. The maximum Gasteiger partial charge on any atom is 0.153 e. The molecule has 0 atom stereocenters. The molecule has 0 aliphatic carbocycles. The van der Waals surface area contributed by atoms with Crippen LogP contribution in [0.1, 0.15) is 18.1 Å². The van der Waals surface area contributed by atoms with Crippen molar-refractivity contribution in [1.29, 1.82) is 0 Å². The lowest BCUT2D eigenvalue weighted by Gasteiger charge is -2.00. The van der Waals surface area contributed by atoms with Gasteiger partial charge in [-0.1, -0.05) is 31.2 Å². The molecule has 0 N–H and O–H groups in total. The molecule has 0 amide bonds. The second-order valence-electron chi connectivity index (χ2n) is 2.76. The zero-order valence-corrected chi connectivity index (χ0v) is 8.12. The molecule has 0 saturated heterocycles. The number of aliphatic imine (C=N–C) groups is 2. The smallest absolute Gasteiger partial charge is 0.153 e. The molecule has 1 rings (SSSR count). The second kappa shape index (κ2) is 4.55. The van der Waals surface area contributed by atoms with Crippen LogP contribution in [0.4, 0.5) is 0 Å². The molecule has 1 aromatic rings. The number of aryl methyl sites for hydroxylation is 1. The van der Waals surface area contributed by atoms with Crippen molar-refractivity contribution in [2.24, 2.45) is 9.98 Å². The van der Waals surface area contributed by atoms with Gasteiger partial charge in [0.25, 0.3) is 0 Å². The Balaban J connectivity index is 2.97. The normalized spacial score (nSPS) is 11.4. The molecular formula is C11H14N2. The first-order valence-corrected chi connectivity index (χ1v) is 4.34. The third-order valence-corrected chi connectivity index (χ3v) is 1.98. The predicted octanol–water partition coefficient (Wildman–Crippen LogP) is 2.33. The van der Waals surface area contributed by atoms with Gasteiger partial charge in [-0.05, 0) is 18.7 Å². The van der Waals surface area contributed by atoms with Crippen LogP contribution < -0.4 is 0 Å². The summed E-state index contributed by atoms with van der Waals surface area (Å²) in [5.41, 5.74) is 2.35. The average Bonchev–Trinajstić information content (AvgIpc) is 2.21. The zero-order valence-electron chi connectivity index (χ0n) is 8.12. The molecule has 1 aromatic carbocycles. The number of rotatable bonds is 2. The lowest BCUT2D eigenvalue weighted by Crippen LogP contribution is -1.95. The largest absolute Gasteiger partial charge is 0.270 e. The number of benzene rings is 1. The molecule has 2 heteroatoms. The van der Waals surface area contributed by atoms with E-state index in [1.54, 1.807) is 7.05 Å². The molecular weight excluding hydrogens is 160 g/mol. The first-order chi connectivity index (χ1) is 6.31. The van der Waals surface area contributed by atoms with Crippen LogP contribution in [0.15, 0.2) is 34.3 Å². The van der Waals surface area contributed by atoms with Gasteiger partial charge >= 0.3 is 0 Å². The van der Waals surface area contributed by atoms with Crippen molar-refractivity contribution >= 4 is 12.6 Å². The fourth-order valence-corrected chi connectivity index (χ4v) is 1.18. The van der Waals surface area contributed by atoms with Gasteiger partial charge in [-0.25, -0.2) is 4.99 Å². The molecule has 0 bridgehead atoms. The summed E-state index contributed by atoms with van der Waals surface area (Å²) in [7, 11) is 1.72. The van der Waals surface area contributed by atoms with Crippen LogP contribution >= 0.6 is 0 Å². The Kier molecular flexibility index (Phi) is 3.38. The van der Waals surface area contributed by atoms with Crippen LogP contribution in [0, 0.1) is 0 Å². The van der Waals surface area contributed by atoms with E-state index in [1.807, 2.05) is 12.1 Å². The van der Waals surface area contributed by atoms with E-state index < -0.39 is 0 Å². The Morgan fingerprint density at radius 1 is 1.31 bits per heavy atom. The summed E-state index contributed by atoms with van der Waals surface area (Å²) >= 11 is 0. The number of nitrogens with zero attached hydrogens (tertiary/aromatic N) is 2. The highest BCUT2D eigenvalue weighted by Crippen LogP contribution is 2.06. The Labute approximate surface area is 79.0 Å². The molecule has 0 fully saturated rings. The van der Waals surface area contributed by atoms with E-state index in [1.165, 1.54) is 5.56 Å². The predicted molar refractivity (Wildman–Crippen MR) is 57.8 cm³/mol. The SMILES string of the molecule is C=N/C(=N\C)c1ccc(CC)cc1. The van der Waals surface area contributed by atoms with E-state index in [0.717, 1.165) is 12.0 Å². The third kappa shape index (κ3) is 2.25.